The van der Waals surface area contributed by atoms with Crippen LogP contribution >= 0.6 is 0 Å². The number of aromatic nitrogens is 5. The van der Waals surface area contributed by atoms with Gasteiger partial charge in [-0.1, -0.05) is 12.1 Å². The Morgan fingerprint density at radius 3 is 2.45 bits per heavy atom. The van der Waals surface area contributed by atoms with Crippen molar-refractivity contribution in [3.63, 3.8) is 0 Å². The summed E-state index contributed by atoms with van der Waals surface area (Å²) in [5.41, 5.74) is 1.13. The molecule has 0 aliphatic carbocycles. The predicted octanol–water partition coefficient (Wildman–Crippen LogP) is 2.71. The van der Waals surface area contributed by atoms with Gasteiger partial charge in [0.05, 0.1) is 43.4 Å². The Morgan fingerprint density at radius 1 is 1.05 bits per heavy atom. The number of nitrogens with zero attached hydrogens (tertiary/aromatic N) is 5. The van der Waals surface area contributed by atoms with Crippen LogP contribution in [0, 0.1) is 18.6 Å². The van der Waals surface area contributed by atoms with Gasteiger partial charge in [-0.15, -0.1) is 0 Å². The number of anilines is 2. The standard InChI is InChI=1S/C29H27F2N7O4/c1-16-6-7-17(33-24(41)11-18-12-37(2)15-32-18)10-21(16)26-20-8-9-25(42)38(27-22(30)4-3-5-23(27)31)28(20)36-29(35-26)34-19(13-39)14-40/h3-10,12,15,19,39-40H,11,13-14H2,1-2H3,(H,33,41)(H,34,35,36). The third kappa shape index (κ3) is 5.73. The molecular formula is C29H27F2N7O4. The number of imidazole rings is 1. The number of pyridine rings is 1. The van der Waals surface area contributed by atoms with E-state index < -0.39 is 42.1 Å². The second-order valence-corrected chi connectivity index (χ2v) is 9.70. The van der Waals surface area contributed by atoms with Gasteiger partial charge < -0.3 is 25.4 Å². The van der Waals surface area contributed by atoms with Gasteiger partial charge in [0.15, 0.2) is 5.65 Å². The number of fused-ring (bicyclic) bond motifs is 1. The maximum Gasteiger partial charge on any atom is 0.256 e. The number of carbonyl (C=O) groups excluding carboxylic acids is 1. The number of aliphatic hydroxyl groups excluding tert-OH is 2. The first-order valence-electron chi connectivity index (χ1n) is 12.9. The zero-order valence-corrected chi connectivity index (χ0v) is 22.7. The third-order valence-corrected chi connectivity index (χ3v) is 6.56. The van der Waals surface area contributed by atoms with Gasteiger partial charge in [-0.25, -0.2) is 18.7 Å². The van der Waals surface area contributed by atoms with E-state index >= 15 is 0 Å². The van der Waals surface area contributed by atoms with E-state index in [9.17, 15) is 28.6 Å². The van der Waals surface area contributed by atoms with Crippen molar-refractivity contribution in [1.82, 2.24) is 24.1 Å². The summed E-state index contributed by atoms with van der Waals surface area (Å²) in [6.07, 6.45) is 3.40. The van der Waals surface area contributed by atoms with E-state index in [2.05, 4.69) is 25.6 Å². The highest BCUT2D eigenvalue weighted by Crippen LogP contribution is 2.32. The fourth-order valence-corrected chi connectivity index (χ4v) is 4.52. The summed E-state index contributed by atoms with van der Waals surface area (Å²) in [7, 11) is 1.80. The van der Waals surface area contributed by atoms with Crippen LogP contribution in [-0.4, -0.2) is 59.5 Å². The number of aryl methyl sites for hydroxylation is 2. The lowest BCUT2D eigenvalue weighted by atomic mass is 10.0. The van der Waals surface area contributed by atoms with Crippen LogP contribution in [0.4, 0.5) is 20.4 Å². The molecule has 0 saturated carbocycles. The molecule has 0 atom stereocenters. The smallest absolute Gasteiger partial charge is 0.256 e. The van der Waals surface area contributed by atoms with Crippen LogP contribution in [-0.2, 0) is 18.3 Å². The second-order valence-electron chi connectivity index (χ2n) is 9.70. The normalized spacial score (nSPS) is 11.3. The molecule has 0 unspecified atom stereocenters. The fourth-order valence-electron chi connectivity index (χ4n) is 4.52. The number of hydrogen-bond donors (Lipinski definition) is 4. The minimum absolute atomic E-state index is 0.0543. The minimum Gasteiger partial charge on any atom is -0.394 e. The topological polar surface area (TPSA) is 147 Å². The molecule has 0 aliphatic heterocycles. The van der Waals surface area contributed by atoms with Gasteiger partial charge in [0.2, 0.25) is 11.9 Å². The average molecular weight is 576 g/mol. The van der Waals surface area contributed by atoms with Crippen LogP contribution in [0.25, 0.3) is 28.0 Å². The van der Waals surface area contributed by atoms with E-state index in [1.54, 1.807) is 42.3 Å². The highest BCUT2D eigenvalue weighted by atomic mass is 19.1. The highest BCUT2D eigenvalue weighted by molar-refractivity contribution is 5.96. The van der Waals surface area contributed by atoms with Crippen molar-refractivity contribution >= 4 is 28.6 Å². The fraction of sp³-hybridized carbons (Fsp3) is 0.207. The molecule has 5 aromatic rings. The molecule has 5 rings (SSSR count). The zero-order chi connectivity index (χ0) is 30.0. The van der Waals surface area contributed by atoms with Crippen molar-refractivity contribution in [3.05, 3.63) is 94.3 Å². The van der Waals surface area contributed by atoms with E-state index in [0.717, 1.165) is 28.3 Å². The van der Waals surface area contributed by atoms with E-state index in [4.69, 9.17) is 0 Å². The molecule has 2 aromatic carbocycles. The first-order valence-corrected chi connectivity index (χ1v) is 12.9. The summed E-state index contributed by atoms with van der Waals surface area (Å²) in [6, 6.07) is 10.2. The number of para-hydroxylation sites is 1. The van der Waals surface area contributed by atoms with Crippen LogP contribution < -0.4 is 16.2 Å². The predicted molar refractivity (Wildman–Crippen MR) is 152 cm³/mol. The van der Waals surface area contributed by atoms with Crippen molar-refractivity contribution in [2.75, 3.05) is 23.8 Å². The Hall–Kier alpha value is -5.01. The van der Waals surface area contributed by atoms with Crippen LogP contribution in [0.2, 0.25) is 0 Å². The van der Waals surface area contributed by atoms with Crippen molar-refractivity contribution < 1.29 is 23.8 Å². The number of nitrogens with one attached hydrogen (secondary N) is 2. The second kappa shape index (κ2) is 11.8. The Balaban J connectivity index is 1.68. The Morgan fingerprint density at radius 2 is 1.79 bits per heavy atom. The summed E-state index contributed by atoms with van der Waals surface area (Å²) in [6.45, 7) is 0.883. The molecule has 216 valence electrons. The molecule has 4 N–H and O–H groups in total. The van der Waals surface area contributed by atoms with Gasteiger partial charge in [-0.2, -0.15) is 4.98 Å². The largest absolute Gasteiger partial charge is 0.394 e. The molecular weight excluding hydrogens is 548 g/mol. The minimum atomic E-state index is -0.975. The van der Waals surface area contributed by atoms with Crippen molar-refractivity contribution in [3.8, 4) is 16.9 Å². The summed E-state index contributed by atoms with van der Waals surface area (Å²) in [5, 5.41) is 25.2. The summed E-state index contributed by atoms with van der Waals surface area (Å²) >= 11 is 0. The molecule has 0 radical (unpaired) electrons. The van der Waals surface area contributed by atoms with Gasteiger partial charge >= 0.3 is 0 Å². The van der Waals surface area contributed by atoms with E-state index in [0.29, 0.717) is 16.9 Å². The molecule has 0 bridgehead atoms. The van der Waals surface area contributed by atoms with Gasteiger partial charge in [0.25, 0.3) is 5.56 Å². The Bertz CT molecular complexity index is 1830. The molecule has 11 nitrogen and oxygen atoms in total. The number of rotatable bonds is 9. The Labute approximate surface area is 238 Å². The molecule has 1 amide bonds. The summed E-state index contributed by atoms with van der Waals surface area (Å²) in [5.74, 6) is -2.35. The lowest BCUT2D eigenvalue weighted by Gasteiger charge is -2.18. The van der Waals surface area contributed by atoms with Crippen molar-refractivity contribution in [1.29, 1.82) is 0 Å². The number of carbonyl (C=O) groups is 1. The lowest BCUT2D eigenvalue weighted by molar-refractivity contribution is -0.115. The summed E-state index contributed by atoms with van der Waals surface area (Å²) < 4.78 is 32.4. The molecule has 0 spiro atoms. The van der Waals surface area contributed by atoms with Crippen molar-refractivity contribution in [2.24, 2.45) is 7.05 Å². The monoisotopic (exact) mass is 575 g/mol. The first kappa shape index (κ1) is 28.5. The maximum absolute atomic E-state index is 14.9. The number of hydrogen-bond acceptors (Lipinski definition) is 8. The highest BCUT2D eigenvalue weighted by Gasteiger charge is 2.21. The third-order valence-electron chi connectivity index (χ3n) is 6.56. The van der Waals surface area contributed by atoms with Crippen LogP contribution in [0.5, 0.6) is 0 Å². The molecule has 3 aromatic heterocycles. The lowest BCUT2D eigenvalue weighted by Crippen LogP contribution is -2.29. The number of aliphatic hydroxyl groups is 2. The van der Waals surface area contributed by atoms with Crippen molar-refractivity contribution in [2.45, 2.75) is 19.4 Å². The first-order chi connectivity index (χ1) is 20.2. The van der Waals surface area contributed by atoms with Crippen LogP contribution in [0.3, 0.4) is 0 Å². The molecule has 0 saturated heterocycles. The SMILES string of the molecule is Cc1ccc(NC(=O)Cc2cn(C)cn2)cc1-c1nc(NC(CO)CO)nc2c1ccc(=O)n2-c1c(F)cccc1F. The van der Waals surface area contributed by atoms with Gasteiger partial charge in [0.1, 0.15) is 17.3 Å². The number of halogens is 2. The van der Waals surface area contributed by atoms with E-state index in [1.165, 1.54) is 12.1 Å². The number of benzene rings is 2. The van der Waals surface area contributed by atoms with Crippen LogP contribution in [0.1, 0.15) is 11.3 Å². The quantitative estimate of drug-likeness (QED) is 0.210. The molecule has 0 fully saturated rings. The van der Waals surface area contributed by atoms with Gasteiger partial charge in [0, 0.05) is 35.9 Å². The number of amides is 1. The summed E-state index contributed by atoms with van der Waals surface area (Å²) in [4.78, 5) is 38.9. The molecule has 13 heteroatoms. The maximum atomic E-state index is 14.9. The van der Waals surface area contributed by atoms with E-state index in [-0.39, 0.29) is 35.0 Å². The van der Waals surface area contributed by atoms with Crippen LogP contribution in [0.15, 0.2) is 65.8 Å². The average Bonchev–Trinajstić information content (AvgIpc) is 3.37. The van der Waals surface area contributed by atoms with Gasteiger partial charge in [-0.3, -0.25) is 14.2 Å². The van der Waals surface area contributed by atoms with Gasteiger partial charge in [-0.05, 0) is 42.8 Å². The van der Waals surface area contributed by atoms with E-state index in [1.807, 2.05) is 6.92 Å². The Kier molecular flexibility index (Phi) is 8.04. The zero-order valence-electron chi connectivity index (χ0n) is 22.7. The molecule has 3 heterocycles. The molecule has 0 aliphatic rings. The molecule has 42 heavy (non-hydrogen) atoms.